The van der Waals surface area contributed by atoms with Crippen molar-refractivity contribution in [1.82, 2.24) is 0 Å². The second kappa shape index (κ2) is 5.53. The van der Waals surface area contributed by atoms with Gasteiger partial charge in [-0.15, -0.1) is 0 Å². The first kappa shape index (κ1) is 17.3. The van der Waals surface area contributed by atoms with Gasteiger partial charge in [-0.1, -0.05) is 79.6 Å². The van der Waals surface area contributed by atoms with Crippen molar-refractivity contribution in [2.75, 3.05) is 19.0 Å². The van der Waals surface area contributed by atoms with E-state index in [9.17, 15) is 0 Å². The maximum absolute atomic E-state index is 2.48. The number of benzene rings is 6. The summed E-state index contributed by atoms with van der Waals surface area (Å²) in [5.74, 6) is 0. The van der Waals surface area contributed by atoms with Crippen molar-refractivity contribution in [2.45, 2.75) is 31.1 Å². The topological polar surface area (TPSA) is 3.24 Å². The molecule has 154 valence electrons. The summed E-state index contributed by atoms with van der Waals surface area (Å²) >= 11 is 0. The highest BCUT2D eigenvalue weighted by Crippen LogP contribution is 2.59. The third kappa shape index (κ3) is 1.74. The van der Waals surface area contributed by atoms with Crippen molar-refractivity contribution in [3.05, 3.63) is 77.9 Å². The largest absolute Gasteiger partial charge is 0.377 e. The highest BCUT2D eigenvalue weighted by atomic mass is 15.1. The van der Waals surface area contributed by atoms with E-state index in [1.165, 1.54) is 85.2 Å². The van der Waals surface area contributed by atoms with Gasteiger partial charge in [0.25, 0.3) is 0 Å². The van der Waals surface area contributed by atoms with Crippen LogP contribution < -0.4 is 4.90 Å². The summed E-state index contributed by atoms with van der Waals surface area (Å²) in [6.07, 6.45) is 5.18. The SMILES string of the molecule is CN(C)c1c2cccc3c2c2c4c(ccc5cccc(c6cccc1c62)c54)C31CCCC1. The first-order valence-corrected chi connectivity index (χ1v) is 12.0. The summed E-state index contributed by atoms with van der Waals surface area (Å²) in [4.78, 5) is 2.33. The van der Waals surface area contributed by atoms with Crippen LogP contribution in [0.1, 0.15) is 36.8 Å². The molecule has 32 heavy (non-hydrogen) atoms. The lowest BCUT2D eigenvalue weighted by molar-refractivity contribution is 0.544. The van der Waals surface area contributed by atoms with Crippen LogP contribution in [-0.4, -0.2) is 14.1 Å². The molecule has 0 N–H and O–H groups in total. The van der Waals surface area contributed by atoms with Crippen molar-refractivity contribution < 1.29 is 0 Å². The Morgan fingerprint density at radius 3 is 1.97 bits per heavy atom. The summed E-state index contributed by atoms with van der Waals surface area (Å²) in [7, 11) is 4.41. The van der Waals surface area contributed by atoms with E-state index in [-0.39, 0.29) is 5.41 Å². The van der Waals surface area contributed by atoms with Crippen molar-refractivity contribution >= 4 is 59.5 Å². The Kier molecular flexibility index (Phi) is 2.98. The lowest BCUT2D eigenvalue weighted by Gasteiger charge is -2.38. The molecular formula is C31H25N. The van der Waals surface area contributed by atoms with E-state index in [4.69, 9.17) is 0 Å². The van der Waals surface area contributed by atoms with Crippen molar-refractivity contribution in [3.8, 4) is 0 Å². The number of rotatable bonds is 1. The maximum atomic E-state index is 2.48. The van der Waals surface area contributed by atoms with Crippen LogP contribution in [0.25, 0.3) is 53.9 Å². The molecule has 0 aromatic heterocycles. The van der Waals surface area contributed by atoms with E-state index in [0.29, 0.717) is 0 Å². The van der Waals surface area contributed by atoms with Crippen LogP contribution in [0.4, 0.5) is 5.69 Å². The van der Waals surface area contributed by atoms with Gasteiger partial charge in [0.15, 0.2) is 0 Å². The summed E-state index contributed by atoms with van der Waals surface area (Å²) in [5.41, 5.74) is 4.69. The van der Waals surface area contributed by atoms with Gasteiger partial charge in [0.05, 0.1) is 5.69 Å². The summed E-state index contributed by atoms with van der Waals surface area (Å²) in [6, 6.07) is 25.8. The van der Waals surface area contributed by atoms with Crippen molar-refractivity contribution in [3.63, 3.8) is 0 Å². The predicted molar refractivity (Wildman–Crippen MR) is 139 cm³/mol. The standard InChI is InChI=1S/C31H25N/c1-32(2)30-21-11-6-10-20-19-9-5-8-18-14-15-24-28(25(18)19)29(26(20)21)27-22(30)12-7-13-23(27)31(24)16-3-4-17-31/h5-15H,3-4,16-17H2,1-2H3. The summed E-state index contributed by atoms with van der Waals surface area (Å²) < 4.78 is 0. The van der Waals surface area contributed by atoms with Gasteiger partial charge in [0, 0.05) is 35.7 Å². The zero-order valence-corrected chi connectivity index (χ0v) is 18.6. The molecule has 2 aliphatic rings. The molecule has 0 aliphatic heterocycles. The smallest absolute Gasteiger partial charge is 0.0521 e. The number of anilines is 1. The van der Waals surface area contributed by atoms with E-state index >= 15 is 0 Å². The minimum absolute atomic E-state index is 0.159. The molecule has 1 spiro atoms. The average molecular weight is 412 g/mol. The zero-order valence-electron chi connectivity index (χ0n) is 18.6. The minimum atomic E-state index is 0.159. The molecule has 0 radical (unpaired) electrons. The molecule has 6 aromatic rings. The van der Waals surface area contributed by atoms with E-state index in [0.717, 1.165) is 0 Å². The third-order valence-electron chi connectivity index (χ3n) is 8.66. The molecule has 0 amide bonds. The molecule has 1 fully saturated rings. The number of hydrogen-bond acceptors (Lipinski definition) is 1. The van der Waals surface area contributed by atoms with Gasteiger partial charge in [-0.25, -0.2) is 0 Å². The molecule has 0 heterocycles. The lowest BCUT2D eigenvalue weighted by atomic mass is 9.65. The van der Waals surface area contributed by atoms with Crippen LogP contribution in [0.2, 0.25) is 0 Å². The van der Waals surface area contributed by atoms with Gasteiger partial charge in [0.2, 0.25) is 0 Å². The van der Waals surface area contributed by atoms with Crippen molar-refractivity contribution in [1.29, 1.82) is 0 Å². The Hall–Kier alpha value is -3.32. The van der Waals surface area contributed by atoms with Crippen LogP contribution in [0.15, 0.2) is 66.7 Å². The van der Waals surface area contributed by atoms with Gasteiger partial charge in [-0.3, -0.25) is 0 Å². The second-order valence-electron chi connectivity index (χ2n) is 10.3. The normalized spacial score (nSPS) is 16.8. The van der Waals surface area contributed by atoms with E-state index in [1.54, 1.807) is 11.1 Å². The van der Waals surface area contributed by atoms with E-state index in [2.05, 4.69) is 85.7 Å². The fourth-order valence-corrected chi connectivity index (χ4v) is 7.59. The highest BCUT2D eigenvalue weighted by Gasteiger charge is 2.43. The Balaban J connectivity index is 1.83. The first-order chi connectivity index (χ1) is 15.7. The molecule has 6 aromatic carbocycles. The van der Waals surface area contributed by atoms with Crippen LogP contribution >= 0.6 is 0 Å². The molecule has 1 heteroatoms. The Labute approximate surface area is 187 Å². The monoisotopic (exact) mass is 411 g/mol. The molecule has 0 unspecified atom stereocenters. The molecule has 1 nitrogen and oxygen atoms in total. The quantitative estimate of drug-likeness (QED) is 0.195. The molecule has 1 saturated carbocycles. The number of fused-ring (bicyclic) bond motifs is 3. The fourth-order valence-electron chi connectivity index (χ4n) is 7.59. The zero-order chi connectivity index (χ0) is 21.2. The third-order valence-corrected chi connectivity index (χ3v) is 8.66. The van der Waals surface area contributed by atoms with Gasteiger partial charge in [-0.05, 0) is 61.7 Å². The predicted octanol–water partition coefficient (Wildman–Crippen LogP) is 8.13. The van der Waals surface area contributed by atoms with E-state index in [1.807, 2.05) is 0 Å². The molecule has 0 saturated heterocycles. The molecule has 0 bridgehead atoms. The molecule has 2 aliphatic carbocycles. The van der Waals surface area contributed by atoms with Gasteiger partial charge >= 0.3 is 0 Å². The number of nitrogens with zero attached hydrogens (tertiary/aromatic N) is 1. The molecule has 8 rings (SSSR count). The van der Waals surface area contributed by atoms with Crippen LogP contribution in [-0.2, 0) is 5.41 Å². The van der Waals surface area contributed by atoms with E-state index < -0.39 is 0 Å². The maximum Gasteiger partial charge on any atom is 0.0521 e. The lowest BCUT2D eigenvalue weighted by Crippen LogP contribution is -2.27. The Morgan fingerprint density at radius 1 is 0.562 bits per heavy atom. The fraction of sp³-hybridized carbons (Fsp3) is 0.226. The van der Waals surface area contributed by atoms with Crippen molar-refractivity contribution in [2.24, 2.45) is 0 Å². The second-order valence-corrected chi connectivity index (χ2v) is 10.3. The highest BCUT2D eigenvalue weighted by molar-refractivity contribution is 6.42. The summed E-state index contributed by atoms with van der Waals surface area (Å²) in [6.45, 7) is 0. The first-order valence-electron chi connectivity index (χ1n) is 12.0. The Morgan fingerprint density at radius 2 is 1.19 bits per heavy atom. The number of hydrogen-bond donors (Lipinski definition) is 0. The summed E-state index contributed by atoms with van der Waals surface area (Å²) in [5, 5.41) is 14.5. The minimum Gasteiger partial charge on any atom is -0.377 e. The van der Waals surface area contributed by atoms with Gasteiger partial charge in [0.1, 0.15) is 0 Å². The average Bonchev–Trinajstić information content (AvgIpc) is 3.30. The van der Waals surface area contributed by atoms with Gasteiger partial charge < -0.3 is 4.90 Å². The van der Waals surface area contributed by atoms with Crippen LogP contribution in [0.3, 0.4) is 0 Å². The molecular weight excluding hydrogens is 386 g/mol. The van der Waals surface area contributed by atoms with Crippen LogP contribution in [0, 0.1) is 0 Å². The van der Waals surface area contributed by atoms with Crippen LogP contribution in [0.5, 0.6) is 0 Å². The van der Waals surface area contributed by atoms with Gasteiger partial charge in [-0.2, -0.15) is 0 Å². The molecule has 0 atom stereocenters. The Bertz CT molecular complexity index is 1750.